The van der Waals surface area contributed by atoms with Crippen molar-refractivity contribution in [3.05, 3.63) is 0 Å². The Hall–Kier alpha value is -0.160. The monoisotopic (exact) mass is 380 g/mol. The number of methoxy groups -OCH3 is 2. The van der Waals surface area contributed by atoms with Gasteiger partial charge < -0.3 is 19.3 Å². The Morgan fingerprint density at radius 3 is 2.33 bits per heavy atom. The lowest BCUT2D eigenvalue weighted by atomic mass is 9.44. The van der Waals surface area contributed by atoms with Crippen LogP contribution in [0.5, 0.6) is 0 Å². The van der Waals surface area contributed by atoms with Crippen LogP contribution in [0.1, 0.15) is 65.2 Å². The fourth-order valence-electron chi connectivity index (χ4n) is 8.22. The predicted octanol–water partition coefficient (Wildman–Crippen LogP) is 4.25. The SMILES string of the molecule is COCO[C@@H]1CC[C@@]2(C)[C@H](C1)[C@H](OC)C[C@@H]1[C@@H]2CC[C@]2(C)[C@@H](CO)CC[C@@H]12. The Labute approximate surface area is 165 Å². The van der Waals surface area contributed by atoms with Crippen LogP contribution in [0.2, 0.25) is 0 Å². The van der Waals surface area contributed by atoms with Gasteiger partial charge in [0.25, 0.3) is 0 Å². The topological polar surface area (TPSA) is 47.9 Å². The maximum Gasteiger partial charge on any atom is 0.146 e. The van der Waals surface area contributed by atoms with Crippen molar-refractivity contribution < 1.29 is 19.3 Å². The van der Waals surface area contributed by atoms with Crippen LogP contribution in [0.15, 0.2) is 0 Å². The molecule has 0 saturated heterocycles. The molecule has 0 bridgehead atoms. The number of aliphatic hydroxyl groups excluding tert-OH is 1. The highest BCUT2D eigenvalue weighted by Crippen LogP contribution is 2.67. The average molecular weight is 381 g/mol. The zero-order valence-corrected chi connectivity index (χ0v) is 17.8. The maximum absolute atomic E-state index is 9.95. The molecule has 0 unspecified atom stereocenters. The molecule has 4 rings (SSSR count). The molecule has 0 heterocycles. The van der Waals surface area contributed by atoms with Crippen LogP contribution in [0.3, 0.4) is 0 Å². The van der Waals surface area contributed by atoms with E-state index in [0.29, 0.717) is 48.3 Å². The predicted molar refractivity (Wildman–Crippen MR) is 105 cm³/mol. The first-order valence-corrected chi connectivity index (χ1v) is 11.2. The fourth-order valence-corrected chi connectivity index (χ4v) is 8.22. The smallest absolute Gasteiger partial charge is 0.146 e. The molecule has 0 aromatic rings. The second-order valence-electron chi connectivity index (χ2n) is 10.5. The Kier molecular flexibility index (Phi) is 5.66. The third-order valence-electron chi connectivity index (χ3n) is 9.75. The molecule has 4 aliphatic carbocycles. The van der Waals surface area contributed by atoms with Crippen molar-refractivity contribution >= 4 is 0 Å². The quantitative estimate of drug-likeness (QED) is 0.724. The minimum atomic E-state index is 0.316. The summed E-state index contributed by atoms with van der Waals surface area (Å²) in [6.07, 6.45) is 10.5. The molecular weight excluding hydrogens is 340 g/mol. The van der Waals surface area contributed by atoms with Crippen molar-refractivity contribution in [1.29, 1.82) is 0 Å². The number of aliphatic hydroxyl groups is 1. The molecule has 0 aromatic heterocycles. The molecule has 156 valence electrons. The van der Waals surface area contributed by atoms with Gasteiger partial charge in [0, 0.05) is 20.8 Å². The number of hydrogen-bond acceptors (Lipinski definition) is 4. The molecule has 0 aliphatic heterocycles. The molecule has 9 atom stereocenters. The van der Waals surface area contributed by atoms with Crippen LogP contribution in [-0.4, -0.2) is 44.9 Å². The molecule has 0 aromatic carbocycles. The summed E-state index contributed by atoms with van der Waals surface area (Å²) in [7, 11) is 3.62. The summed E-state index contributed by atoms with van der Waals surface area (Å²) in [4.78, 5) is 0. The minimum absolute atomic E-state index is 0.316. The fraction of sp³-hybridized carbons (Fsp3) is 1.00. The lowest BCUT2D eigenvalue weighted by Crippen LogP contribution is -2.58. The standard InChI is InChI=1S/C23H40O4/c1-22-10-8-19-17(18(22)6-5-15(22)13-24)12-21(26-4)20-11-16(27-14-25-3)7-9-23(19,20)2/h15-21,24H,5-14H2,1-4H3/t15-,16-,17+,18+,19+,20-,21-,22-,23-/m1/s1. The summed E-state index contributed by atoms with van der Waals surface area (Å²) in [5, 5.41) is 9.95. The first-order valence-electron chi connectivity index (χ1n) is 11.2. The van der Waals surface area contributed by atoms with E-state index in [-0.39, 0.29) is 0 Å². The zero-order chi connectivity index (χ0) is 19.2. The van der Waals surface area contributed by atoms with E-state index in [9.17, 15) is 5.11 Å². The van der Waals surface area contributed by atoms with E-state index in [2.05, 4.69) is 13.8 Å². The van der Waals surface area contributed by atoms with Crippen LogP contribution in [0.25, 0.3) is 0 Å². The Balaban J connectivity index is 1.57. The van der Waals surface area contributed by atoms with Crippen molar-refractivity contribution in [2.45, 2.75) is 77.4 Å². The number of rotatable bonds is 5. The van der Waals surface area contributed by atoms with E-state index in [0.717, 1.165) is 30.6 Å². The number of ether oxygens (including phenoxy) is 3. The van der Waals surface area contributed by atoms with E-state index < -0.39 is 0 Å². The molecule has 27 heavy (non-hydrogen) atoms. The van der Waals surface area contributed by atoms with Gasteiger partial charge in [0.2, 0.25) is 0 Å². The van der Waals surface area contributed by atoms with Gasteiger partial charge in [-0.3, -0.25) is 0 Å². The molecule has 4 saturated carbocycles. The minimum Gasteiger partial charge on any atom is -0.396 e. The van der Waals surface area contributed by atoms with Crippen molar-refractivity contribution in [3.63, 3.8) is 0 Å². The summed E-state index contributed by atoms with van der Waals surface area (Å²) in [5.41, 5.74) is 0.714. The summed E-state index contributed by atoms with van der Waals surface area (Å²) < 4.78 is 17.2. The molecule has 0 spiro atoms. The van der Waals surface area contributed by atoms with E-state index in [4.69, 9.17) is 14.2 Å². The summed E-state index contributed by atoms with van der Waals surface area (Å²) in [6, 6.07) is 0. The van der Waals surface area contributed by atoms with E-state index in [1.165, 1.54) is 38.5 Å². The van der Waals surface area contributed by atoms with Gasteiger partial charge in [-0.05, 0) is 91.8 Å². The second kappa shape index (κ2) is 7.59. The Morgan fingerprint density at radius 2 is 1.63 bits per heavy atom. The van der Waals surface area contributed by atoms with Gasteiger partial charge in [-0.2, -0.15) is 0 Å². The van der Waals surface area contributed by atoms with Crippen LogP contribution in [0, 0.1) is 40.4 Å². The van der Waals surface area contributed by atoms with Crippen molar-refractivity contribution in [1.82, 2.24) is 0 Å². The van der Waals surface area contributed by atoms with Crippen molar-refractivity contribution in [2.75, 3.05) is 27.6 Å². The maximum atomic E-state index is 9.95. The largest absolute Gasteiger partial charge is 0.396 e. The van der Waals surface area contributed by atoms with Crippen molar-refractivity contribution in [3.8, 4) is 0 Å². The molecule has 4 aliphatic rings. The molecule has 4 nitrogen and oxygen atoms in total. The number of fused-ring (bicyclic) bond motifs is 5. The Bertz CT molecular complexity index is 525. The second-order valence-corrected chi connectivity index (χ2v) is 10.5. The third kappa shape index (κ3) is 3.10. The van der Waals surface area contributed by atoms with E-state index >= 15 is 0 Å². The normalized spacial score (nSPS) is 52.1. The molecule has 4 heteroatoms. The van der Waals surface area contributed by atoms with Gasteiger partial charge in [-0.15, -0.1) is 0 Å². The summed E-state index contributed by atoms with van der Waals surface area (Å²) in [6.45, 7) is 5.82. The zero-order valence-electron chi connectivity index (χ0n) is 17.8. The van der Waals surface area contributed by atoms with Gasteiger partial charge >= 0.3 is 0 Å². The van der Waals surface area contributed by atoms with Crippen molar-refractivity contribution in [2.24, 2.45) is 40.4 Å². The summed E-state index contributed by atoms with van der Waals surface area (Å²) >= 11 is 0. The van der Waals surface area contributed by atoms with Gasteiger partial charge in [0.15, 0.2) is 0 Å². The average Bonchev–Trinajstić information content (AvgIpc) is 3.02. The molecule has 0 radical (unpaired) electrons. The molecule has 0 amide bonds. The lowest BCUT2D eigenvalue weighted by molar-refractivity contribution is -0.192. The van der Waals surface area contributed by atoms with Gasteiger partial charge in [0.1, 0.15) is 6.79 Å². The first kappa shape index (κ1) is 20.1. The lowest BCUT2D eigenvalue weighted by Gasteiger charge is -2.62. The molecular formula is C23H40O4. The van der Waals surface area contributed by atoms with E-state index in [1.807, 2.05) is 7.11 Å². The van der Waals surface area contributed by atoms with Crippen LogP contribution >= 0.6 is 0 Å². The van der Waals surface area contributed by atoms with Gasteiger partial charge in [0.05, 0.1) is 12.2 Å². The van der Waals surface area contributed by atoms with Crippen LogP contribution in [-0.2, 0) is 14.2 Å². The third-order valence-corrected chi connectivity index (χ3v) is 9.75. The van der Waals surface area contributed by atoms with Crippen LogP contribution < -0.4 is 0 Å². The molecule has 4 fully saturated rings. The first-order chi connectivity index (χ1) is 13.0. The van der Waals surface area contributed by atoms with E-state index in [1.54, 1.807) is 7.11 Å². The number of hydrogen-bond donors (Lipinski definition) is 1. The van der Waals surface area contributed by atoms with Crippen LogP contribution in [0.4, 0.5) is 0 Å². The van der Waals surface area contributed by atoms with Gasteiger partial charge in [-0.1, -0.05) is 13.8 Å². The van der Waals surface area contributed by atoms with Gasteiger partial charge in [-0.25, -0.2) is 0 Å². The Morgan fingerprint density at radius 1 is 0.889 bits per heavy atom. The highest BCUT2D eigenvalue weighted by Gasteiger charge is 2.62. The summed E-state index contributed by atoms with van der Waals surface area (Å²) in [5.74, 6) is 3.45. The highest BCUT2D eigenvalue weighted by atomic mass is 16.7. The highest BCUT2D eigenvalue weighted by molar-refractivity contribution is 5.11. The molecule has 1 N–H and O–H groups in total.